The first-order valence-electron chi connectivity index (χ1n) is 5.93. The lowest BCUT2D eigenvalue weighted by Crippen LogP contribution is -2.02. The van der Waals surface area contributed by atoms with E-state index < -0.39 is 0 Å². The molecule has 0 bridgehead atoms. The second kappa shape index (κ2) is 4.35. The van der Waals surface area contributed by atoms with Gasteiger partial charge in [-0.3, -0.25) is 4.57 Å². The predicted octanol–water partition coefficient (Wildman–Crippen LogP) is 3.38. The first-order chi connectivity index (χ1) is 9.04. The number of benzene rings is 1. The fourth-order valence-corrected chi connectivity index (χ4v) is 2.61. The van der Waals surface area contributed by atoms with E-state index in [1.165, 1.54) is 11.1 Å². The third kappa shape index (κ3) is 2.10. The van der Waals surface area contributed by atoms with Crippen molar-refractivity contribution in [2.24, 2.45) is 0 Å². The van der Waals surface area contributed by atoms with Gasteiger partial charge in [-0.25, -0.2) is 9.97 Å². The number of imidazole rings is 1. The molecule has 4 nitrogen and oxygen atoms in total. The Balaban J connectivity index is 2.32. The van der Waals surface area contributed by atoms with Crippen molar-refractivity contribution in [1.82, 2.24) is 14.5 Å². The van der Waals surface area contributed by atoms with Crippen LogP contribution >= 0.6 is 15.9 Å². The van der Waals surface area contributed by atoms with Crippen LogP contribution in [0.15, 0.2) is 34.9 Å². The van der Waals surface area contributed by atoms with Crippen LogP contribution in [0.5, 0.6) is 0 Å². The highest BCUT2D eigenvalue weighted by Crippen LogP contribution is 2.24. The Morgan fingerprint density at radius 3 is 2.47 bits per heavy atom. The Morgan fingerprint density at radius 1 is 1.11 bits per heavy atom. The largest absolute Gasteiger partial charge is 0.369 e. The third-order valence-electron chi connectivity index (χ3n) is 2.95. The maximum atomic E-state index is 6.03. The molecule has 0 saturated carbocycles. The summed E-state index contributed by atoms with van der Waals surface area (Å²) in [7, 11) is 0. The summed E-state index contributed by atoms with van der Waals surface area (Å²) >= 11 is 3.39. The molecule has 0 radical (unpaired) electrons. The van der Waals surface area contributed by atoms with Gasteiger partial charge in [-0.2, -0.15) is 0 Å². The van der Waals surface area contributed by atoms with Gasteiger partial charge in [0.05, 0.1) is 5.69 Å². The smallest absolute Gasteiger partial charge is 0.207 e. The average molecular weight is 317 g/mol. The molecule has 3 rings (SSSR count). The molecule has 0 aliphatic heterocycles. The minimum absolute atomic E-state index is 0.450. The number of pyridine rings is 1. The fraction of sp³-hybridized carbons (Fsp3) is 0.143. The summed E-state index contributed by atoms with van der Waals surface area (Å²) in [6.07, 6.45) is 1.75. The van der Waals surface area contributed by atoms with Gasteiger partial charge in [0.1, 0.15) is 5.52 Å². The molecule has 19 heavy (non-hydrogen) atoms. The predicted molar refractivity (Wildman–Crippen MR) is 80.5 cm³/mol. The SMILES string of the molecule is Cc1cc(C)cc(-n2c(N)nc3cc(Br)cnc32)c1. The zero-order chi connectivity index (χ0) is 13.6. The number of fused-ring (bicyclic) bond motifs is 1. The maximum Gasteiger partial charge on any atom is 0.207 e. The van der Waals surface area contributed by atoms with E-state index in [9.17, 15) is 0 Å². The van der Waals surface area contributed by atoms with Crippen LogP contribution in [0.1, 0.15) is 11.1 Å². The number of nitrogen functional groups attached to an aromatic ring is 1. The van der Waals surface area contributed by atoms with Crippen molar-refractivity contribution in [3.63, 3.8) is 0 Å². The monoisotopic (exact) mass is 316 g/mol. The van der Waals surface area contributed by atoms with Crippen molar-refractivity contribution in [2.45, 2.75) is 13.8 Å². The number of halogens is 1. The molecule has 0 amide bonds. The molecule has 0 atom stereocenters. The van der Waals surface area contributed by atoms with E-state index in [1.54, 1.807) is 6.20 Å². The summed E-state index contributed by atoms with van der Waals surface area (Å²) in [5.74, 6) is 0.450. The molecule has 0 spiro atoms. The zero-order valence-electron chi connectivity index (χ0n) is 10.7. The first kappa shape index (κ1) is 12.2. The maximum absolute atomic E-state index is 6.03. The van der Waals surface area contributed by atoms with E-state index >= 15 is 0 Å². The van der Waals surface area contributed by atoms with Crippen LogP contribution in [0, 0.1) is 13.8 Å². The lowest BCUT2D eigenvalue weighted by molar-refractivity contribution is 1.07. The lowest BCUT2D eigenvalue weighted by Gasteiger charge is -2.08. The average Bonchev–Trinajstić information content (AvgIpc) is 2.62. The van der Waals surface area contributed by atoms with Gasteiger partial charge in [-0.1, -0.05) is 6.07 Å². The highest BCUT2D eigenvalue weighted by molar-refractivity contribution is 9.10. The van der Waals surface area contributed by atoms with E-state index in [0.29, 0.717) is 5.95 Å². The number of aromatic nitrogens is 3. The van der Waals surface area contributed by atoms with Gasteiger partial charge < -0.3 is 5.73 Å². The number of nitrogens with two attached hydrogens (primary N) is 1. The van der Waals surface area contributed by atoms with Crippen LogP contribution in [-0.4, -0.2) is 14.5 Å². The van der Waals surface area contributed by atoms with Crippen molar-refractivity contribution in [3.05, 3.63) is 46.1 Å². The summed E-state index contributed by atoms with van der Waals surface area (Å²) in [5.41, 5.74) is 11.0. The molecule has 0 saturated heterocycles. The van der Waals surface area contributed by atoms with Gasteiger partial charge in [0.25, 0.3) is 0 Å². The zero-order valence-corrected chi connectivity index (χ0v) is 12.3. The van der Waals surface area contributed by atoms with Crippen LogP contribution in [-0.2, 0) is 0 Å². The molecular weight excluding hydrogens is 304 g/mol. The Labute approximate surface area is 119 Å². The Hall–Kier alpha value is -1.88. The van der Waals surface area contributed by atoms with Gasteiger partial charge in [-0.15, -0.1) is 0 Å². The summed E-state index contributed by atoms with van der Waals surface area (Å²) in [4.78, 5) is 8.77. The van der Waals surface area contributed by atoms with E-state index in [4.69, 9.17) is 5.73 Å². The van der Waals surface area contributed by atoms with Gasteiger partial charge in [0.15, 0.2) is 5.65 Å². The molecule has 0 unspecified atom stereocenters. The summed E-state index contributed by atoms with van der Waals surface area (Å²) in [6, 6.07) is 8.20. The molecule has 0 aliphatic rings. The fourth-order valence-electron chi connectivity index (χ4n) is 2.29. The van der Waals surface area contributed by atoms with Crippen molar-refractivity contribution in [3.8, 4) is 5.69 Å². The highest BCUT2D eigenvalue weighted by atomic mass is 79.9. The van der Waals surface area contributed by atoms with E-state index in [2.05, 4.69) is 57.9 Å². The number of aryl methyl sites for hydroxylation is 2. The summed E-state index contributed by atoms with van der Waals surface area (Å²) in [6.45, 7) is 4.13. The molecule has 3 aromatic rings. The molecule has 0 aliphatic carbocycles. The molecule has 2 heterocycles. The van der Waals surface area contributed by atoms with E-state index in [1.807, 2.05) is 10.6 Å². The molecule has 2 aromatic heterocycles. The van der Waals surface area contributed by atoms with Gasteiger partial charge in [-0.05, 0) is 59.1 Å². The number of hydrogen-bond acceptors (Lipinski definition) is 3. The number of anilines is 1. The second-order valence-electron chi connectivity index (χ2n) is 4.65. The van der Waals surface area contributed by atoms with Gasteiger partial charge >= 0.3 is 0 Å². The van der Waals surface area contributed by atoms with Crippen molar-refractivity contribution < 1.29 is 0 Å². The van der Waals surface area contributed by atoms with Gasteiger partial charge in [0, 0.05) is 10.7 Å². The number of nitrogens with zero attached hydrogens (tertiary/aromatic N) is 3. The van der Waals surface area contributed by atoms with E-state index in [0.717, 1.165) is 21.3 Å². The number of hydrogen-bond donors (Lipinski definition) is 1. The Morgan fingerprint density at radius 2 is 1.79 bits per heavy atom. The Bertz CT molecular complexity index is 756. The molecule has 2 N–H and O–H groups in total. The van der Waals surface area contributed by atoms with Crippen molar-refractivity contribution >= 4 is 33.0 Å². The van der Waals surface area contributed by atoms with Crippen LogP contribution < -0.4 is 5.73 Å². The van der Waals surface area contributed by atoms with Crippen LogP contribution in [0.4, 0.5) is 5.95 Å². The van der Waals surface area contributed by atoms with Gasteiger partial charge in [0.2, 0.25) is 5.95 Å². The third-order valence-corrected chi connectivity index (χ3v) is 3.39. The lowest BCUT2D eigenvalue weighted by atomic mass is 10.1. The molecule has 1 aromatic carbocycles. The first-order valence-corrected chi connectivity index (χ1v) is 6.72. The van der Waals surface area contributed by atoms with Crippen molar-refractivity contribution in [2.75, 3.05) is 5.73 Å². The quantitative estimate of drug-likeness (QED) is 0.748. The van der Waals surface area contributed by atoms with Crippen molar-refractivity contribution in [1.29, 1.82) is 0 Å². The minimum atomic E-state index is 0.450. The minimum Gasteiger partial charge on any atom is -0.369 e. The highest BCUT2D eigenvalue weighted by Gasteiger charge is 2.12. The van der Waals surface area contributed by atoms with Crippen LogP contribution in [0.25, 0.3) is 16.9 Å². The summed E-state index contributed by atoms with van der Waals surface area (Å²) < 4.78 is 2.77. The topological polar surface area (TPSA) is 56.7 Å². The Kier molecular flexibility index (Phi) is 2.78. The standard InChI is InChI=1S/C14H13BrN4/c1-8-3-9(2)5-11(4-8)19-13-12(18-14(19)16)6-10(15)7-17-13/h3-7H,1-2H3,(H2,16,18). The molecular formula is C14H13BrN4. The number of rotatable bonds is 1. The van der Waals surface area contributed by atoms with Crippen LogP contribution in [0.3, 0.4) is 0 Å². The van der Waals surface area contributed by atoms with Crippen LogP contribution in [0.2, 0.25) is 0 Å². The molecule has 0 fully saturated rings. The molecule has 96 valence electrons. The second-order valence-corrected chi connectivity index (χ2v) is 5.56. The summed E-state index contributed by atoms with van der Waals surface area (Å²) in [5, 5.41) is 0. The normalized spacial score (nSPS) is 11.1. The van der Waals surface area contributed by atoms with E-state index in [-0.39, 0.29) is 0 Å². The molecule has 5 heteroatoms.